The number of aromatic nitrogens is 2. The molecule has 43 heavy (non-hydrogen) atoms. The maximum Gasteiger partial charge on any atom is 0.410 e. The van der Waals surface area contributed by atoms with Crippen LogP contribution in [0.1, 0.15) is 49.0 Å². The van der Waals surface area contributed by atoms with E-state index in [1.54, 1.807) is 77.8 Å². The molecule has 3 atom stereocenters. The van der Waals surface area contributed by atoms with Gasteiger partial charge in [-0.2, -0.15) is 5.10 Å². The Balaban J connectivity index is 1.39. The molecule has 1 unspecified atom stereocenters. The van der Waals surface area contributed by atoms with Crippen LogP contribution >= 0.6 is 0 Å². The van der Waals surface area contributed by atoms with Gasteiger partial charge in [0.15, 0.2) is 0 Å². The Morgan fingerprint density at radius 3 is 2.33 bits per heavy atom. The van der Waals surface area contributed by atoms with E-state index in [9.17, 15) is 18.8 Å². The maximum absolute atomic E-state index is 13.9. The Morgan fingerprint density at radius 1 is 1.05 bits per heavy atom. The SMILES string of the molecule is CN1CCN(C(=O)[C@H](CN(C(=O)OC(C)(C)C)C2C[C@H]2c2ccc(F)cc2)NC(=O)c2ccc(-n3cccn3)cc2)CC1. The highest BCUT2D eigenvalue weighted by Gasteiger charge is 2.47. The van der Waals surface area contributed by atoms with Crippen LogP contribution in [0.2, 0.25) is 0 Å². The minimum atomic E-state index is -0.997. The average molecular weight is 591 g/mol. The molecule has 5 rings (SSSR count). The van der Waals surface area contributed by atoms with E-state index < -0.39 is 23.6 Å². The summed E-state index contributed by atoms with van der Waals surface area (Å²) in [7, 11) is 2.00. The summed E-state index contributed by atoms with van der Waals surface area (Å²) in [6.45, 7) is 7.78. The third kappa shape index (κ3) is 7.59. The van der Waals surface area contributed by atoms with Crippen molar-refractivity contribution in [3.63, 3.8) is 0 Å². The molecule has 0 spiro atoms. The summed E-state index contributed by atoms with van der Waals surface area (Å²) < 4.78 is 21.0. The van der Waals surface area contributed by atoms with Crippen LogP contribution in [0.25, 0.3) is 5.69 Å². The second-order valence-electron chi connectivity index (χ2n) is 12.2. The largest absolute Gasteiger partial charge is 0.444 e. The van der Waals surface area contributed by atoms with Gasteiger partial charge in [0.2, 0.25) is 5.91 Å². The molecular weight excluding hydrogens is 551 g/mol. The van der Waals surface area contributed by atoms with Gasteiger partial charge in [-0.05, 0) is 82.3 Å². The molecule has 2 heterocycles. The van der Waals surface area contributed by atoms with Crippen molar-refractivity contribution >= 4 is 17.9 Å². The third-order valence-electron chi connectivity index (χ3n) is 7.78. The van der Waals surface area contributed by atoms with E-state index >= 15 is 0 Å². The standard InChI is InChI=1S/C32H39FN6O4/c1-32(2,3)43-31(42)38(28-20-26(28)22-6-10-24(33)11-7-22)21-27(30(41)37-18-16-36(4)17-19-37)35-29(40)23-8-12-25(13-9-23)39-15-5-14-34-39/h5-15,26-28H,16-21H2,1-4H3,(H,35,40)/t26-,27-,28?/m0/s1. The lowest BCUT2D eigenvalue weighted by Gasteiger charge is -2.36. The fraction of sp³-hybridized carbons (Fsp3) is 0.438. The Kier molecular flexibility index (Phi) is 8.82. The summed E-state index contributed by atoms with van der Waals surface area (Å²) in [6, 6.07) is 13.7. The van der Waals surface area contributed by atoms with Crippen molar-refractivity contribution in [2.45, 2.75) is 50.8 Å². The molecule has 10 nitrogen and oxygen atoms in total. The van der Waals surface area contributed by atoms with Gasteiger partial charge in [0.05, 0.1) is 12.2 Å². The number of hydrogen-bond acceptors (Lipinski definition) is 6. The van der Waals surface area contributed by atoms with Gasteiger partial charge in [-0.15, -0.1) is 0 Å². The molecule has 3 amide bonds. The lowest BCUT2D eigenvalue weighted by atomic mass is 10.1. The van der Waals surface area contributed by atoms with Gasteiger partial charge in [0.1, 0.15) is 17.5 Å². The van der Waals surface area contributed by atoms with Crippen molar-refractivity contribution in [2.24, 2.45) is 0 Å². The van der Waals surface area contributed by atoms with Crippen LogP contribution in [0.4, 0.5) is 9.18 Å². The molecule has 1 saturated carbocycles. The number of benzene rings is 2. The molecule has 1 saturated heterocycles. The van der Waals surface area contributed by atoms with E-state index in [1.807, 2.05) is 19.3 Å². The first kappa shape index (κ1) is 30.2. The Bertz CT molecular complexity index is 1410. The normalized spacial score (nSPS) is 19.4. The summed E-state index contributed by atoms with van der Waals surface area (Å²) in [5.74, 6) is -1.03. The zero-order valence-corrected chi connectivity index (χ0v) is 25.1. The zero-order chi connectivity index (χ0) is 30.7. The van der Waals surface area contributed by atoms with Gasteiger partial charge in [0, 0.05) is 56.1 Å². The lowest BCUT2D eigenvalue weighted by molar-refractivity contribution is -0.135. The molecule has 1 aromatic heterocycles. The van der Waals surface area contributed by atoms with Crippen LogP contribution in [0.5, 0.6) is 0 Å². The number of nitrogens with one attached hydrogen (secondary N) is 1. The predicted molar refractivity (Wildman–Crippen MR) is 159 cm³/mol. The summed E-state index contributed by atoms with van der Waals surface area (Å²) in [5.41, 5.74) is 1.32. The molecular formula is C32H39FN6O4. The summed E-state index contributed by atoms with van der Waals surface area (Å²) >= 11 is 0. The van der Waals surface area contributed by atoms with Crippen molar-refractivity contribution < 1.29 is 23.5 Å². The molecule has 11 heteroatoms. The molecule has 2 aromatic carbocycles. The van der Waals surface area contributed by atoms with Gasteiger partial charge in [0.25, 0.3) is 5.91 Å². The van der Waals surface area contributed by atoms with Crippen LogP contribution < -0.4 is 5.32 Å². The molecule has 2 fully saturated rings. The van der Waals surface area contributed by atoms with Crippen LogP contribution in [-0.4, -0.2) is 99.8 Å². The second kappa shape index (κ2) is 12.5. The Morgan fingerprint density at radius 2 is 1.72 bits per heavy atom. The van der Waals surface area contributed by atoms with Crippen molar-refractivity contribution in [1.82, 2.24) is 29.8 Å². The number of carbonyl (C=O) groups is 3. The first-order valence-electron chi connectivity index (χ1n) is 14.6. The molecule has 0 radical (unpaired) electrons. The third-order valence-corrected chi connectivity index (χ3v) is 7.78. The van der Waals surface area contributed by atoms with Gasteiger partial charge in [-0.1, -0.05) is 12.1 Å². The lowest BCUT2D eigenvalue weighted by Crippen LogP contribution is -2.58. The van der Waals surface area contributed by atoms with E-state index in [0.29, 0.717) is 38.2 Å². The van der Waals surface area contributed by atoms with Crippen molar-refractivity contribution in [3.05, 3.63) is 83.9 Å². The van der Waals surface area contributed by atoms with E-state index in [4.69, 9.17) is 4.74 Å². The smallest absolute Gasteiger partial charge is 0.410 e. The predicted octanol–water partition coefficient (Wildman–Crippen LogP) is 3.68. The van der Waals surface area contributed by atoms with Gasteiger partial charge in [-0.3, -0.25) is 9.59 Å². The van der Waals surface area contributed by atoms with E-state index in [2.05, 4.69) is 15.3 Å². The number of nitrogens with zero attached hydrogens (tertiary/aromatic N) is 5. The van der Waals surface area contributed by atoms with Crippen LogP contribution in [0.15, 0.2) is 67.0 Å². The van der Waals surface area contributed by atoms with Crippen LogP contribution in [-0.2, 0) is 9.53 Å². The van der Waals surface area contributed by atoms with E-state index in [-0.39, 0.29) is 30.2 Å². The number of hydrogen-bond donors (Lipinski definition) is 1. The molecule has 1 N–H and O–H groups in total. The van der Waals surface area contributed by atoms with Crippen molar-refractivity contribution in [3.8, 4) is 5.69 Å². The average Bonchev–Trinajstić information content (AvgIpc) is 3.55. The zero-order valence-electron chi connectivity index (χ0n) is 25.1. The fourth-order valence-corrected chi connectivity index (χ4v) is 5.32. The highest BCUT2D eigenvalue weighted by molar-refractivity contribution is 5.98. The van der Waals surface area contributed by atoms with Crippen molar-refractivity contribution in [1.29, 1.82) is 0 Å². The fourth-order valence-electron chi connectivity index (χ4n) is 5.32. The molecule has 2 aliphatic rings. The number of carbonyl (C=O) groups excluding carboxylic acids is 3. The molecule has 0 bridgehead atoms. The monoisotopic (exact) mass is 590 g/mol. The molecule has 3 aromatic rings. The quantitative estimate of drug-likeness (QED) is 0.430. The summed E-state index contributed by atoms with van der Waals surface area (Å²) in [5, 5.41) is 7.14. The number of ether oxygens (including phenoxy) is 1. The molecule has 1 aliphatic carbocycles. The van der Waals surface area contributed by atoms with Crippen LogP contribution in [0.3, 0.4) is 0 Å². The summed E-state index contributed by atoms with van der Waals surface area (Å²) in [6.07, 6.45) is 3.56. The minimum absolute atomic E-state index is 0.0296. The van der Waals surface area contributed by atoms with E-state index in [1.165, 1.54) is 12.1 Å². The number of amides is 3. The van der Waals surface area contributed by atoms with Crippen LogP contribution in [0, 0.1) is 5.82 Å². The Hall–Kier alpha value is -4.25. The maximum atomic E-state index is 13.9. The second-order valence-corrected chi connectivity index (χ2v) is 12.2. The van der Waals surface area contributed by atoms with Crippen molar-refractivity contribution in [2.75, 3.05) is 39.8 Å². The topological polar surface area (TPSA) is 100 Å². The van der Waals surface area contributed by atoms with Gasteiger partial charge in [-0.25, -0.2) is 13.9 Å². The number of halogens is 1. The highest BCUT2D eigenvalue weighted by atomic mass is 19.1. The highest BCUT2D eigenvalue weighted by Crippen LogP contribution is 2.45. The van der Waals surface area contributed by atoms with Gasteiger partial charge >= 0.3 is 6.09 Å². The number of likely N-dealkylation sites (N-methyl/N-ethyl adjacent to an activating group) is 1. The molecule has 1 aliphatic heterocycles. The Labute approximate surface area is 251 Å². The van der Waals surface area contributed by atoms with Gasteiger partial charge < -0.3 is 24.8 Å². The van der Waals surface area contributed by atoms with E-state index in [0.717, 1.165) is 11.3 Å². The first-order valence-corrected chi connectivity index (χ1v) is 14.6. The first-order chi connectivity index (χ1) is 20.5. The number of rotatable bonds is 8. The molecule has 228 valence electrons. The minimum Gasteiger partial charge on any atom is -0.444 e. The summed E-state index contributed by atoms with van der Waals surface area (Å²) in [4.78, 5) is 46.4. The number of piperazine rings is 1.